The molecule has 0 aromatic heterocycles. The van der Waals surface area contributed by atoms with Crippen LogP contribution in [0.3, 0.4) is 0 Å². The molecule has 0 saturated carbocycles. The van der Waals surface area contributed by atoms with Crippen LogP contribution >= 0.6 is 0 Å². The maximum atomic E-state index is 12.8. The zero-order valence-corrected chi connectivity index (χ0v) is 15.7. The van der Waals surface area contributed by atoms with Crippen LogP contribution in [0.5, 0.6) is 5.75 Å². The zero-order valence-electron chi connectivity index (χ0n) is 15.7. The Morgan fingerprint density at radius 3 is 2.79 bits per heavy atom. The van der Waals surface area contributed by atoms with E-state index < -0.39 is 24.6 Å². The summed E-state index contributed by atoms with van der Waals surface area (Å²) < 4.78 is 5.91. The van der Waals surface area contributed by atoms with Crippen LogP contribution in [0.4, 0.5) is 0 Å². The first kappa shape index (κ1) is 18.9. The summed E-state index contributed by atoms with van der Waals surface area (Å²) in [6.45, 7) is 1.25. The first-order valence-electron chi connectivity index (χ1n) is 9.83. The highest BCUT2D eigenvalue weighted by Crippen LogP contribution is 2.31. The Kier molecular flexibility index (Phi) is 5.32. The molecular formula is C20H25N3O5. The summed E-state index contributed by atoms with van der Waals surface area (Å²) in [7, 11) is 0. The van der Waals surface area contributed by atoms with Crippen LogP contribution in [0.1, 0.15) is 48.0 Å². The fraction of sp³-hybridized carbons (Fsp3) is 0.550. The number of imide groups is 1. The molecule has 3 amide bonds. The summed E-state index contributed by atoms with van der Waals surface area (Å²) in [5, 5.41) is 12.7. The molecule has 4 rings (SSSR count). The van der Waals surface area contributed by atoms with Gasteiger partial charge in [-0.05, 0) is 49.6 Å². The number of ether oxygens (including phenoxy) is 1. The number of aliphatic hydroxyl groups excluding tert-OH is 1. The second-order valence-electron chi connectivity index (χ2n) is 7.57. The smallest absolute Gasteiger partial charge is 0.255 e. The lowest BCUT2D eigenvalue weighted by molar-refractivity contribution is -0.156. The molecule has 2 N–H and O–H groups in total. The van der Waals surface area contributed by atoms with E-state index in [1.165, 1.54) is 17.7 Å². The third-order valence-electron chi connectivity index (χ3n) is 5.77. The fourth-order valence-electron chi connectivity index (χ4n) is 4.18. The number of benzene rings is 1. The molecule has 3 heterocycles. The maximum Gasteiger partial charge on any atom is 0.255 e. The molecule has 2 saturated heterocycles. The molecular weight excluding hydrogens is 362 g/mol. The van der Waals surface area contributed by atoms with E-state index in [1.54, 1.807) is 12.1 Å². The van der Waals surface area contributed by atoms with Gasteiger partial charge in [0, 0.05) is 24.6 Å². The van der Waals surface area contributed by atoms with E-state index >= 15 is 0 Å². The van der Waals surface area contributed by atoms with E-state index in [1.807, 2.05) is 6.07 Å². The van der Waals surface area contributed by atoms with E-state index in [4.69, 9.17) is 4.74 Å². The van der Waals surface area contributed by atoms with E-state index in [0.717, 1.165) is 23.4 Å². The first-order chi connectivity index (χ1) is 13.6. The van der Waals surface area contributed by atoms with Gasteiger partial charge < -0.3 is 20.1 Å². The standard InChI is InChI=1S/C20H25N3O5/c24-12-23-18(25)7-6-17(20(23)27)22-10-13-9-15(4-5-16(13)19(22)26)28-11-14-3-1-2-8-21-14/h4-5,9,14,17,21,24H,1-3,6-8,10-12H2/t14-,17?/m0/s1. The molecule has 1 aromatic rings. The van der Waals surface area contributed by atoms with Crippen molar-refractivity contribution >= 4 is 17.7 Å². The number of hydrogen-bond acceptors (Lipinski definition) is 6. The summed E-state index contributed by atoms with van der Waals surface area (Å²) in [5.74, 6) is -0.427. The number of hydrogen-bond donors (Lipinski definition) is 2. The SMILES string of the molecule is O=C1CCC(N2Cc3cc(OC[C@@H]4CCCCN4)ccc3C2=O)C(=O)N1CO. The van der Waals surface area contributed by atoms with Crippen molar-refractivity contribution in [2.75, 3.05) is 19.9 Å². The molecule has 28 heavy (non-hydrogen) atoms. The Balaban J connectivity index is 1.44. The quantitative estimate of drug-likeness (QED) is 0.719. The number of likely N-dealkylation sites (tertiary alicyclic amines) is 1. The molecule has 0 spiro atoms. The van der Waals surface area contributed by atoms with Crippen LogP contribution in [0.2, 0.25) is 0 Å². The highest BCUT2D eigenvalue weighted by molar-refractivity contribution is 6.05. The minimum Gasteiger partial charge on any atom is -0.492 e. The number of amides is 3. The summed E-state index contributed by atoms with van der Waals surface area (Å²) in [5.41, 5.74) is 1.38. The number of nitrogens with zero attached hydrogens (tertiary/aromatic N) is 2. The lowest BCUT2D eigenvalue weighted by Gasteiger charge is -2.34. The predicted molar refractivity (Wildman–Crippen MR) is 99.4 cm³/mol. The molecule has 3 aliphatic rings. The second kappa shape index (κ2) is 7.89. The van der Waals surface area contributed by atoms with Crippen molar-refractivity contribution in [3.63, 3.8) is 0 Å². The first-order valence-corrected chi connectivity index (χ1v) is 9.83. The van der Waals surface area contributed by atoms with Gasteiger partial charge in [0.15, 0.2) is 0 Å². The Hall–Kier alpha value is -2.45. The van der Waals surface area contributed by atoms with Crippen LogP contribution in [0.15, 0.2) is 18.2 Å². The third-order valence-corrected chi connectivity index (χ3v) is 5.77. The monoisotopic (exact) mass is 387 g/mol. The highest BCUT2D eigenvalue weighted by Gasteiger charge is 2.42. The van der Waals surface area contributed by atoms with Crippen LogP contribution in [-0.2, 0) is 16.1 Å². The average molecular weight is 387 g/mol. The van der Waals surface area contributed by atoms with Crippen molar-refractivity contribution in [3.8, 4) is 5.75 Å². The minimum atomic E-state index is -0.722. The van der Waals surface area contributed by atoms with E-state index in [9.17, 15) is 19.5 Å². The van der Waals surface area contributed by atoms with Gasteiger partial charge in [-0.3, -0.25) is 19.3 Å². The van der Waals surface area contributed by atoms with Crippen molar-refractivity contribution < 1.29 is 24.2 Å². The Morgan fingerprint density at radius 1 is 1.18 bits per heavy atom. The maximum absolute atomic E-state index is 12.8. The zero-order chi connectivity index (χ0) is 19.7. The molecule has 3 aliphatic heterocycles. The molecule has 1 unspecified atom stereocenters. The van der Waals surface area contributed by atoms with Gasteiger partial charge in [0.25, 0.3) is 11.8 Å². The topological polar surface area (TPSA) is 99.2 Å². The molecule has 2 atom stereocenters. The minimum absolute atomic E-state index is 0.139. The second-order valence-corrected chi connectivity index (χ2v) is 7.57. The van der Waals surface area contributed by atoms with E-state index in [0.29, 0.717) is 30.5 Å². The highest BCUT2D eigenvalue weighted by atomic mass is 16.5. The van der Waals surface area contributed by atoms with Gasteiger partial charge >= 0.3 is 0 Å². The number of rotatable bonds is 5. The van der Waals surface area contributed by atoms with Crippen LogP contribution in [0.25, 0.3) is 0 Å². The number of fused-ring (bicyclic) bond motifs is 1. The molecule has 8 nitrogen and oxygen atoms in total. The number of nitrogens with one attached hydrogen (secondary N) is 1. The summed E-state index contributed by atoms with van der Waals surface area (Å²) in [4.78, 5) is 39.4. The third kappa shape index (κ3) is 3.49. The summed E-state index contributed by atoms with van der Waals surface area (Å²) in [6.07, 6.45) is 3.93. The lowest BCUT2D eigenvalue weighted by Crippen LogP contribution is -2.54. The average Bonchev–Trinajstić information content (AvgIpc) is 3.03. The molecule has 0 radical (unpaired) electrons. The van der Waals surface area contributed by atoms with Crippen molar-refractivity contribution in [2.24, 2.45) is 0 Å². The lowest BCUT2D eigenvalue weighted by atomic mass is 10.0. The Bertz CT molecular complexity index is 790. The molecule has 150 valence electrons. The van der Waals surface area contributed by atoms with Crippen LogP contribution in [-0.4, -0.2) is 64.6 Å². The molecule has 0 aliphatic carbocycles. The fourth-order valence-corrected chi connectivity index (χ4v) is 4.18. The summed E-state index contributed by atoms with van der Waals surface area (Å²) >= 11 is 0. The van der Waals surface area contributed by atoms with Gasteiger partial charge in [-0.1, -0.05) is 6.42 Å². The summed E-state index contributed by atoms with van der Waals surface area (Å²) in [6, 6.07) is 5.01. The van der Waals surface area contributed by atoms with Crippen LogP contribution < -0.4 is 10.1 Å². The van der Waals surface area contributed by atoms with Crippen LogP contribution in [0, 0.1) is 0 Å². The number of carbonyl (C=O) groups excluding carboxylic acids is 3. The number of aliphatic hydroxyl groups is 1. The van der Waals surface area contributed by atoms with E-state index in [2.05, 4.69) is 5.32 Å². The van der Waals surface area contributed by atoms with E-state index in [-0.39, 0.29) is 18.7 Å². The largest absolute Gasteiger partial charge is 0.492 e. The van der Waals surface area contributed by atoms with Crippen molar-refractivity contribution in [2.45, 2.75) is 50.7 Å². The van der Waals surface area contributed by atoms with Gasteiger partial charge in [0.2, 0.25) is 5.91 Å². The van der Waals surface area contributed by atoms with Gasteiger partial charge in [0.05, 0.1) is 0 Å². The number of carbonyl (C=O) groups is 3. The van der Waals surface area contributed by atoms with Gasteiger partial charge in [-0.25, -0.2) is 0 Å². The van der Waals surface area contributed by atoms with Gasteiger partial charge in [-0.2, -0.15) is 0 Å². The van der Waals surface area contributed by atoms with Crippen molar-refractivity contribution in [1.82, 2.24) is 15.1 Å². The Morgan fingerprint density at radius 2 is 2.04 bits per heavy atom. The van der Waals surface area contributed by atoms with Crippen molar-refractivity contribution in [1.29, 1.82) is 0 Å². The van der Waals surface area contributed by atoms with Gasteiger partial charge in [0.1, 0.15) is 25.1 Å². The molecule has 0 bridgehead atoms. The molecule has 8 heteroatoms. The predicted octanol–water partition coefficient (Wildman–Crippen LogP) is 0.631. The van der Waals surface area contributed by atoms with Gasteiger partial charge in [-0.15, -0.1) is 0 Å². The normalized spacial score (nSPS) is 25.2. The molecule has 2 fully saturated rings. The Labute approximate surface area is 163 Å². The molecule has 1 aromatic carbocycles. The number of piperidine rings is 2. The van der Waals surface area contributed by atoms with Crippen molar-refractivity contribution in [3.05, 3.63) is 29.3 Å².